The molecule has 1 aromatic heterocycles. The minimum absolute atomic E-state index is 0.127. The molecule has 1 heterocycles. The molecule has 30 heavy (non-hydrogen) atoms. The number of aliphatic hydroxyl groups excluding tert-OH is 1. The summed E-state index contributed by atoms with van der Waals surface area (Å²) in [6.45, 7) is -1.36. The summed E-state index contributed by atoms with van der Waals surface area (Å²) in [4.78, 5) is 40.6. The van der Waals surface area contributed by atoms with Gasteiger partial charge in [-0.3, -0.25) is 14.4 Å². The molecule has 0 spiro atoms. The molecular formula is C16H18F3N5O5S. The van der Waals surface area contributed by atoms with Crippen molar-refractivity contribution in [3.63, 3.8) is 0 Å². The number of thiazole rings is 1. The van der Waals surface area contributed by atoms with Gasteiger partial charge < -0.3 is 31.1 Å². The minimum atomic E-state index is -4.82. The number of carbonyl (C=O) groups is 3. The number of likely N-dealkylation sites (N-methyl/N-ethyl adjacent to an activating group) is 1. The number of nitrogens with one attached hydrogen (secondary N) is 2. The standard InChI is InChI=1S/C16H18F3N5O5S/c1-24(13(27)5-21-14(28)9(20)7-25)6-12(26)23-15-22-10-3-2-8(4-11(10)30-15)29-16(17,18)19/h2-4,9,25H,5-7,20H2,1H3,(H,21,28)(H,22,23,26). The van der Waals surface area contributed by atoms with Crippen LogP contribution in [0.15, 0.2) is 18.2 Å². The van der Waals surface area contributed by atoms with Crippen LogP contribution in [-0.2, 0) is 14.4 Å². The molecule has 0 aliphatic heterocycles. The van der Waals surface area contributed by atoms with Crippen molar-refractivity contribution in [3.8, 4) is 5.75 Å². The Morgan fingerprint density at radius 2 is 2.07 bits per heavy atom. The highest BCUT2D eigenvalue weighted by Crippen LogP contribution is 2.31. The largest absolute Gasteiger partial charge is 0.573 e. The van der Waals surface area contributed by atoms with Crippen molar-refractivity contribution in [2.45, 2.75) is 12.4 Å². The lowest BCUT2D eigenvalue weighted by Crippen LogP contribution is -2.47. The molecule has 5 N–H and O–H groups in total. The van der Waals surface area contributed by atoms with Gasteiger partial charge in [0.05, 0.1) is 29.9 Å². The summed E-state index contributed by atoms with van der Waals surface area (Å²) in [7, 11) is 1.33. The summed E-state index contributed by atoms with van der Waals surface area (Å²) >= 11 is 0.933. The van der Waals surface area contributed by atoms with Crippen LogP contribution in [-0.4, -0.2) is 71.9 Å². The highest BCUT2D eigenvalue weighted by molar-refractivity contribution is 7.22. The SMILES string of the molecule is CN(CC(=O)Nc1nc2ccc(OC(F)(F)F)cc2s1)C(=O)CNC(=O)C(N)CO. The van der Waals surface area contributed by atoms with Crippen LogP contribution in [0.25, 0.3) is 10.2 Å². The van der Waals surface area contributed by atoms with Crippen LogP contribution in [0, 0.1) is 0 Å². The Morgan fingerprint density at radius 3 is 2.70 bits per heavy atom. The van der Waals surface area contributed by atoms with Crippen molar-refractivity contribution in [3.05, 3.63) is 18.2 Å². The molecule has 0 aliphatic carbocycles. The maximum Gasteiger partial charge on any atom is 0.573 e. The average molecular weight is 449 g/mol. The molecule has 1 unspecified atom stereocenters. The number of rotatable bonds is 8. The molecule has 0 radical (unpaired) electrons. The number of aliphatic hydroxyl groups is 1. The molecule has 1 aromatic carbocycles. The second-order valence-electron chi connectivity index (χ2n) is 6.00. The fourth-order valence-corrected chi connectivity index (χ4v) is 3.04. The van der Waals surface area contributed by atoms with E-state index in [9.17, 15) is 27.6 Å². The van der Waals surface area contributed by atoms with Gasteiger partial charge in [-0.25, -0.2) is 4.98 Å². The number of ether oxygens (including phenoxy) is 1. The van der Waals surface area contributed by atoms with Gasteiger partial charge >= 0.3 is 6.36 Å². The third-order valence-electron chi connectivity index (χ3n) is 3.59. The molecule has 0 saturated carbocycles. The van der Waals surface area contributed by atoms with E-state index in [0.29, 0.717) is 10.2 Å². The smallest absolute Gasteiger partial charge is 0.406 e. The Labute approximate surface area is 171 Å². The van der Waals surface area contributed by atoms with E-state index in [4.69, 9.17) is 10.8 Å². The number of alkyl halides is 3. The summed E-state index contributed by atoms with van der Waals surface area (Å²) in [6.07, 6.45) is -4.82. The van der Waals surface area contributed by atoms with Crippen molar-refractivity contribution in [2.24, 2.45) is 5.73 Å². The van der Waals surface area contributed by atoms with E-state index in [1.54, 1.807) is 0 Å². The highest BCUT2D eigenvalue weighted by atomic mass is 32.1. The van der Waals surface area contributed by atoms with Crippen LogP contribution in [0.4, 0.5) is 18.3 Å². The average Bonchev–Trinajstić information content (AvgIpc) is 3.04. The summed E-state index contributed by atoms with van der Waals surface area (Å²) in [6, 6.07) is 2.40. The van der Waals surface area contributed by atoms with Gasteiger partial charge in [-0.15, -0.1) is 13.2 Å². The number of carbonyl (C=O) groups excluding carboxylic acids is 3. The second-order valence-corrected chi connectivity index (χ2v) is 7.03. The van der Waals surface area contributed by atoms with Crippen LogP contribution in [0.1, 0.15) is 0 Å². The fraction of sp³-hybridized carbons (Fsp3) is 0.375. The highest BCUT2D eigenvalue weighted by Gasteiger charge is 2.31. The monoisotopic (exact) mass is 449 g/mol. The first kappa shape index (κ1) is 23.3. The first-order valence-corrected chi connectivity index (χ1v) is 9.14. The zero-order valence-corrected chi connectivity index (χ0v) is 16.3. The zero-order valence-electron chi connectivity index (χ0n) is 15.5. The first-order chi connectivity index (χ1) is 14.0. The number of amides is 3. The Morgan fingerprint density at radius 1 is 1.37 bits per heavy atom. The van der Waals surface area contributed by atoms with E-state index in [1.807, 2.05) is 0 Å². The molecule has 0 saturated heterocycles. The maximum atomic E-state index is 12.3. The summed E-state index contributed by atoms with van der Waals surface area (Å²) in [5.41, 5.74) is 5.65. The summed E-state index contributed by atoms with van der Waals surface area (Å²) in [5, 5.41) is 13.6. The van der Waals surface area contributed by atoms with Gasteiger partial charge in [0, 0.05) is 13.1 Å². The third kappa shape index (κ3) is 6.82. The Bertz CT molecular complexity index is 936. The molecule has 0 aliphatic rings. The number of fused-ring (bicyclic) bond motifs is 1. The van der Waals surface area contributed by atoms with Crippen LogP contribution < -0.4 is 21.1 Å². The normalized spacial score (nSPS) is 12.3. The molecule has 3 amide bonds. The first-order valence-electron chi connectivity index (χ1n) is 8.33. The molecule has 14 heteroatoms. The third-order valence-corrected chi connectivity index (χ3v) is 4.53. The second kappa shape index (κ2) is 9.69. The van der Waals surface area contributed by atoms with E-state index < -0.39 is 49.0 Å². The van der Waals surface area contributed by atoms with Gasteiger partial charge in [0.1, 0.15) is 11.8 Å². The number of nitrogens with two attached hydrogens (primary N) is 1. The molecule has 1 atom stereocenters. The van der Waals surface area contributed by atoms with E-state index in [0.717, 1.165) is 28.4 Å². The predicted molar refractivity (Wildman–Crippen MR) is 101 cm³/mol. The topological polar surface area (TPSA) is 147 Å². The number of hydrogen-bond donors (Lipinski definition) is 4. The Hall–Kier alpha value is -2.97. The lowest BCUT2D eigenvalue weighted by Gasteiger charge is -2.17. The summed E-state index contributed by atoms with van der Waals surface area (Å²) in [5.74, 6) is -2.31. The summed E-state index contributed by atoms with van der Waals surface area (Å²) < 4.78 is 41.1. The van der Waals surface area contributed by atoms with Gasteiger partial charge in [-0.1, -0.05) is 11.3 Å². The quantitative estimate of drug-likeness (QED) is 0.445. The van der Waals surface area contributed by atoms with E-state index in [1.165, 1.54) is 13.1 Å². The van der Waals surface area contributed by atoms with Gasteiger partial charge in [0.2, 0.25) is 17.7 Å². The number of aromatic nitrogens is 1. The van der Waals surface area contributed by atoms with Crippen LogP contribution in [0.3, 0.4) is 0 Å². The fourth-order valence-electron chi connectivity index (χ4n) is 2.13. The molecule has 2 aromatic rings. The molecule has 2 rings (SSSR count). The van der Waals surface area contributed by atoms with Gasteiger partial charge in [0.15, 0.2) is 5.13 Å². The molecule has 0 fully saturated rings. The lowest BCUT2D eigenvalue weighted by molar-refractivity contribution is -0.274. The van der Waals surface area contributed by atoms with Crippen LogP contribution >= 0.6 is 11.3 Å². The molecule has 10 nitrogen and oxygen atoms in total. The maximum absolute atomic E-state index is 12.3. The molecule has 164 valence electrons. The van der Waals surface area contributed by atoms with Crippen LogP contribution in [0.2, 0.25) is 0 Å². The lowest BCUT2D eigenvalue weighted by atomic mass is 10.3. The van der Waals surface area contributed by atoms with E-state index >= 15 is 0 Å². The van der Waals surface area contributed by atoms with Gasteiger partial charge in [-0.05, 0) is 12.1 Å². The van der Waals surface area contributed by atoms with Crippen molar-refractivity contribution in [2.75, 3.05) is 32.1 Å². The van der Waals surface area contributed by atoms with Crippen molar-refractivity contribution >= 4 is 44.4 Å². The van der Waals surface area contributed by atoms with Gasteiger partial charge in [0.25, 0.3) is 0 Å². The van der Waals surface area contributed by atoms with Crippen molar-refractivity contribution < 1.29 is 37.4 Å². The zero-order chi connectivity index (χ0) is 22.5. The number of anilines is 1. The Kier molecular flexibility index (Phi) is 7.53. The van der Waals surface area contributed by atoms with Crippen molar-refractivity contribution in [1.29, 1.82) is 0 Å². The van der Waals surface area contributed by atoms with E-state index in [-0.39, 0.29) is 11.7 Å². The van der Waals surface area contributed by atoms with Crippen molar-refractivity contribution in [1.82, 2.24) is 15.2 Å². The number of halogens is 3. The van der Waals surface area contributed by atoms with Gasteiger partial charge in [-0.2, -0.15) is 0 Å². The van der Waals surface area contributed by atoms with Crippen LogP contribution in [0.5, 0.6) is 5.75 Å². The molecule has 0 bridgehead atoms. The minimum Gasteiger partial charge on any atom is -0.406 e. The van der Waals surface area contributed by atoms with E-state index in [2.05, 4.69) is 20.4 Å². The molecular weight excluding hydrogens is 431 g/mol. The predicted octanol–water partition coefficient (Wildman–Crippen LogP) is 0.0276. The number of nitrogens with zero attached hydrogens (tertiary/aromatic N) is 2. The number of benzene rings is 1. The Balaban J connectivity index is 1.91. The number of hydrogen-bond acceptors (Lipinski definition) is 8.